The average molecular weight is 755 g/mol. The second-order valence-electron chi connectivity index (χ2n) is 7.00. The molecule has 0 fully saturated rings. The quantitative estimate of drug-likeness (QED) is 0.0336. The lowest BCUT2D eigenvalue weighted by molar-refractivity contribution is -0.274. The summed E-state index contributed by atoms with van der Waals surface area (Å²) in [6.07, 6.45) is 0. The molecule has 2 N–H and O–H groups in total. The molecule has 0 radical (unpaired) electrons. The highest BCUT2D eigenvalue weighted by molar-refractivity contribution is 8.25. The van der Waals surface area contributed by atoms with E-state index in [9.17, 15) is 13.8 Å². The Balaban J connectivity index is 3.32. The Hall–Kier alpha value is 2.28. The Morgan fingerprint density at radius 2 is 1.25 bits per heavy atom. The second kappa shape index (κ2) is 35.8. The fourth-order valence-electron chi connectivity index (χ4n) is 2.06. The van der Waals surface area contributed by atoms with E-state index < -0.39 is 10.8 Å². The molecular formula is C22H42O8S10. The molecule has 0 aliphatic carbocycles. The van der Waals surface area contributed by atoms with Gasteiger partial charge in [-0.3, -0.25) is 13.8 Å². The van der Waals surface area contributed by atoms with Crippen molar-refractivity contribution >= 4 is 128 Å². The topological polar surface area (TPSA) is 119 Å². The maximum Gasteiger partial charge on any atom is 0.316 e. The molecule has 0 aromatic heterocycles. The van der Waals surface area contributed by atoms with Crippen LogP contribution in [0.2, 0.25) is 0 Å². The van der Waals surface area contributed by atoms with Crippen LogP contribution in [0.1, 0.15) is 0 Å². The molecule has 0 amide bonds. The van der Waals surface area contributed by atoms with Crippen molar-refractivity contribution in [1.29, 1.82) is 0 Å². The van der Waals surface area contributed by atoms with E-state index in [1.165, 1.54) is 35.3 Å². The van der Waals surface area contributed by atoms with Gasteiger partial charge in [0.2, 0.25) is 0 Å². The lowest BCUT2D eigenvalue weighted by Gasteiger charge is -2.05. The molecular weight excluding hydrogens is 713 g/mol. The van der Waals surface area contributed by atoms with E-state index in [0.29, 0.717) is 52.3 Å². The van der Waals surface area contributed by atoms with Gasteiger partial charge >= 0.3 is 5.97 Å². The van der Waals surface area contributed by atoms with E-state index in [1.54, 1.807) is 70.6 Å². The molecule has 0 aromatic carbocycles. The molecule has 0 aliphatic heterocycles. The Bertz CT molecular complexity index is 610. The van der Waals surface area contributed by atoms with Gasteiger partial charge in [-0.25, -0.2) is 9.78 Å². The molecule has 0 saturated heterocycles. The van der Waals surface area contributed by atoms with Crippen LogP contribution in [-0.2, 0) is 34.9 Å². The van der Waals surface area contributed by atoms with Crippen LogP contribution in [0.3, 0.4) is 0 Å². The van der Waals surface area contributed by atoms with Gasteiger partial charge in [-0.15, -0.1) is 58.8 Å². The summed E-state index contributed by atoms with van der Waals surface area (Å²) in [6.45, 7) is 0.763. The number of carbonyl (C=O) groups is 2. The number of thioether (sulfide) groups is 9. The standard InChI is InChI=1S/C22H42O8S10/c23-1-4-35-17-28-21(25)15-33-9-8-32-13-14-40(27)20-38-12-11-37-19-39-22(26)16-34-10-7-31-6-3-29-30-18-36-5-2-24/h23-24H,1-20H2. The van der Waals surface area contributed by atoms with Crippen LogP contribution in [0.5, 0.6) is 0 Å². The van der Waals surface area contributed by atoms with Crippen LogP contribution in [0.15, 0.2) is 0 Å². The summed E-state index contributed by atoms with van der Waals surface area (Å²) in [6, 6.07) is 0. The highest BCUT2D eigenvalue weighted by atomic mass is 32.2. The van der Waals surface area contributed by atoms with Crippen molar-refractivity contribution < 1.29 is 38.5 Å². The summed E-state index contributed by atoms with van der Waals surface area (Å²) in [5, 5.41) is 18.9. The summed E-state index contributed by atoms with van der Waals surface area (Å²) < 4.78 is 17.2. The monoisotopic (exact) mass is 754 g/mol. The number of esters is 1. The Morgan fingerprint density at radius 3 is 2.00 bits per heavy atom. The molecule has 1 atom stereocenters. The number of aliphatic hydroxyl groups is 2. The zero-order valence-electron chi connectivity index (χ0n) is 22.6. The fourth-order valence-corrected chi connectivity index (χ4v) is 11.8. The average Bonchev–Trinajstić information content (AvgIpc) is 2.94. The minimum atomic E-state index is -0.819. The second-order valence-corrected chi connectivity index (χ2v) is 19.3. The minimum Gasteiger partial charge on any atom is -0.454 e. The molecule has 8 nitrogen and oxygen atoms in total. The molecule has 0 aliphatic rings. The number of ether oxygens (including phenoxy) is 1. The third-order valence-electron chi connectivity index (χ3n) is 3.83. The highest BCUT2D eigenvalue weighted by Gasteiger charge is 2.05. The predicted molar refractivity (Wildman–Crippen MR) is 192 cm³/mol. The van der Waals surface area contributed by atoms with E-state index in [2.05, 4.69) is 0 Å². The van der Waals surface area contributed by atoms with E-state index in [0.717, 1.165) is 51.1 Å². The molecule has 0 rings (SSSR count). The normalized spacial score (nSPS) is 12.1. The van der Waals surface area contributed by atoms with Crippen molar-refractivity contribution in [3.05, 3.63) is 0 Å². The van der Waals surface area contributed by atoms with E-state index >= 15 is 0 Å². The van der Waals surface area contributed by atoms with Gasteiger partial charge in [-0.1, -0.05) is 11.8 Å². The lowest BCUT2D eigenvalue weighted by atomic mass is 10.8. The van der Waals surface area contributed by atoms with Gasteiger partial charge in [0.1, 0.15) is 11.9 Å². The highest BCUT2D eigenvalue weighted by Crippen LogP contribution is 2.18. The Morgan fingerprint density at radius 1 is 0.625 bits per heavy atom. The van der Waals surface area contributed by atoms with Crippen molar-refractivity contribution in [1.82, 2.24) is 0 Å². The van der Waals surface area contributed by atoms with Crippen LogP contribution in [0.25, 0.3) is 0 Å². The maximum atomic E-state index is 12.1. The first-order valence-corrected chi connectivity index (χ1v) is 24.1. The largest absolute Gasteiger partial charge is 0.454 e. The molecule has 0 bridgehead atoms. The van der Waals surface area contributed by atoms with Gasteiger partial charge < -0.3 is 14.9 Å². The van der Waals surface area contributed by atoms with Crippen molar-refractivity contribution in [2.75, 3.05) is 117 Å². The molecule has 1 unspecified atom stereocenters. The zero-order chi connectivity index (χ0) is 29.4. The van der Waals surface area contributed by atoms with Crippen LogP contribution in [0, 0.1) is 0 Å². The fraction of sp³-hybridized carbons (Fsp3) is 0.909. The van der Waals surface area contributed by atoms with Crippen LogP contribution in [0.4, 0.5) is 0 Å². The SMILES string of the molecule is O=C(CSCCSCCS(=O)CSCCSCSC(=O)CSCCSCCOOCSCCO)OCSCCO. The smallest absolute Gasteiger partial charge is 0.316 e. The molecule has 18 heteroatoms. The molecule has 40 heavy (non-hydrogen) atoms. The maximum absolute atomic E-state index is 12.1. The third-order valence-corrected chi connectivity index (χ3v) is 15.3. The van der Waals surface area contributed by atoms with Gasteiger partial charge in [0.15, 0.2) is 5.12 Å². The number of aliphatic hydroxyl groups excluding tert-OH is 2. The van der Waals surface area contributed by atoms with Crippen LogP contribution >= 0.6 is 106 Å². The van der Waals surface area contributed by atoms with Crippen molar-refractivity contribution in [3.63, 3.8) is 0 Å². The van der Waals surface area contributed by atoms with Crippen molar-refractivity contribution in [3.8, 4) is 0 Å². The summed E-state index contributed by atoms with van der Waals surface area (Å²) in [7, 11) is -0.819. The summed E-state index contributed by atoms with van der Waals surface area (Å²) in [5.74, 6) is 10.6. The van der Waals surface area contributed by atoms with Crippen molar-refractivity contribution in [2.24, 2.45) is 0 Å². The third kappa shape index (κ3) is 34.8. The van der Waals surface area contributed by atoms with Crippen molar-refractivity contribution in [2.45, 2.75) is 0 Å². The van der Waals surface area contributed by atoms with Gasteiger partial charge in [0.05, 0.1) is 36.4 Å². The predicted octanol–water partition coefficient (Wildman–Crippen LogP) is 4.17. The molecule has 0 heterocycles. The molecule has 0 saturated carbocycles. The molecule has 238 valence electrons. The number of hydrogen-bond donors (Lipinski definition) is 2. The first-order valence-electron chi connectivity index (χ1n) is 12.3. The minimum absolute atomic E-state index is 0.0873. The summed E-state index contributed by atoms with van der Waals surface area (Å²) >= 11 is 14.5. The number of rotatable bonds is 32. The van der Waals surface area contributed by atoms with Gasteiger partial charge in [-0.2, -0.15) is 35.3 Å². The Labute approximate surface area is 280 Å². The van der Waals surface area contributed by atoms with E-state index in [-0.39, 0.29) is 24.3 Å². The summed E-state index contributed by atoms with van der Waals surface area (Å²) in [4.78, 5) is 33.5. The number of hydrogen-bond acceptors (Lipinski definition) is 17. The molecule has 0 spiro atoms. The first kappa shape index (κ1) is 42.3. The van der Waals surface area contributed by atoms with Gasteiger partial charge in [0.25, 0.3) is 0 Å². The molecule has 0 aromatic rings. The lowest BCUT2D eigenvalue weighted by Crippen LogP contribution is -2.08. The Kier molecular flexibility index (Phi) is 37.8. The van der Waals surface area contributed by atoms with E-state index in [4.69, 9.17) is 24.7 Å². The zero-order valence-corrected chi connectivity index (χ0v) is 30.7. The van der Waals surface area contributed by atoms with Gasteiger partial charge in [0, 0.05) is 79.2 Å². The number of carbonyl (C=O) groups excluding carboxylic acids is 2. The van der Waals surface area contributed by atoms with E-state index in [1.807, 2.05) is 0 Å². The van der Waals surface area contributed by atoms with Gasteiger partial charge in [-0.05, 0) is 0 Å². The van der Waals surface area contributed by atoms with Crippen LogP contribution < -0.4 is 0 Å². The van der Waals surface area contributed by atoms with Crippen LogP contribution in [-0.4, -0.2) is 142 Å². The summed E-state index contributed by atoms with van der Waals surface area (Å²) in [5.41, 5.74) is 0. The first-order chi connectivity index (χ1) is 19.6.